The number of benzene rings is 3. The molecule has 1 aliphatic rings. The zero-order chi connectivity index (χ0) is 22.5. The van der Waals surface area contributed by atoms with E-state index in [9.17, 15) is 9.59 Å². The van der Waals surface area contributed by atoms with Gasteiger partial charge in [0, 0.05) is 42.6 Å². The summed E-state index contributed by atoms with van der Waals surface area (Å²) in [7, 11) is 1.87. The summed E-state index contributed by atoms with van der Waals surface area (Å²) in [5, 5.41) is 0. The molecule has 0 aliphatic carbocycles. The van der Waals surface area contributed by atoms with Gasteiger partial charge in [0.15, 0.2) is 0 Å². The van der Waals surface area contributed by atoms with Crippen LogP contribution in [0.3, 0.4) is 0 Å². The maximum Gasteiger partial charge on any atom is 0.253 e. The van der Waals surface area contributed by atoms with Crippen LogP contribution in [0.1, 0.15) is 28.8 Å². The number of hydrogen-bond acceptors (Lipinski definition) is 2. The minimum Gasteiger partial charge on any atom is -0.341 e. The largest absolute Gasteiger partial charge is 0.341 e. The van der Waals surface area contributed by atoms with Crippen LogP contribution in [0.5, 0.6) is 0 Å². The summed E-state index contributed by atoms with van der Waals surface area (Å²) in [4.78, 5) is 29.4. The normalized spacial score (nSPS) is 14.2. The number of likely N-dealkylation sites (tertiary alicyclic amines) is 1. The zero-order valence-electron chi connectivity index (χ0n) is 18.2. The Kier molecular flexibility index (Phi) is 7.05. The molecule has 1 saturated heterocycles. The Labute approximate surface area is 198 Å². The van der Waals surface area contributed by atoms with Crippen LogP contribution in [0.15, 0.2) is 83.3 Å². The number of halogens is 1. The van der Waals surface area contributed by atoms with E-state index in [-0.39, 0.29) is 17.7 Å². The van der Waals surface area contributed by atoms with Gasteiger partial charge < -0.3 is 9.80 Å². The van der Waals surface area contributed by atoms with Crippen LogP contribution in [-0.2, 0) is 11.3 Å². The molecule has 4 rings (SSSR count). The molecule has 3 aromatic carbocycles. The molecule has 3 aromatic rings. The van der Waals surface area contributed by atoms with Crippen molar-refractivity contribution in [3.8, 4) is 11.1 Å². The average molecular weight is 491 g/mol. The molecular formula is C27H27BrN2O2. The van der Waals surface area contributed by atoms with Crippen LogP contribution < -0.4 is 0 Å². The maximum atomic E-state index is 13.0. The first-order chi connectivity index (χ1) is 15.5. The average Bonchev–Trinajstić information content (AvgIpc) is 2.85. The summed E-state index contributed by atoms with van der Waals surface area (Å²) in [5.74, 6) is 0.167. The summed E-state index contributed by atoms with van der Waals surface area (Å²) in [6.45, 7) is 1.82. The predicted octanol–water partition coefficient (Wildman–Crippen LogP) is 5.63. The molecule has 4 nitrogen and oxygen atoms in total. The van der Waals surface area contributed by atoms with Crippen molar-refractivity contribution in [1.82, 2.24) is 9.80 Å². The van der Waals surface area contributed by atoms with E-state index in [0.717, 1.165) is 10.0 Å². The van der Waals surface area contributed by atoms with E-state index < -0.39 is 0 Å². The lowest BCUT2D eigenvalue weighted by atomic mass is 9.94. The lowest BCUT2D eigenvalue weighted by Gasteiger charge is -2.33. The van der Waals surface area contributed by atoms with E-state index in [0.29, 0.717) is 38.0 Å². The smallest absolute Gasteiger partial charge is 0.253 e. The van der Waals surface area contributed by atoms with Crippen LogP contribution in [0.4, 0.5) is 0 Å². The van der Waals surface area contributed by atoms with Gasteiger partial charge in [-0.3, -0.25) is 9.59 Å². The summed E-state index contributed by atoms with van der Waals surface area (Å²) in [5.41, 5.74) is 4.16. The third-order valence-electron chi connectivity index (χ3n) is 6.08. The second-order valence-corrected chi connectivity index (χ2v) is 9.25. The topological polar surface area (TPSA) is 40.6 Å². The molecule has 5 heteroatoms. The van der Waals surface area contributed by atoms with Gasteiger partial charge in [0.2, 0.25) is 5.91 Å². The predicted molar refractivity (Wildman–Crippen MR) is 131 cm³/mol. The van der Waals surface area contributed by atoms with Crippen molar-refractivity contribution < 1.29 is 9.59 Å². The highest BCUT2D eigenvalue weighted by Crippen LogP contribution is 2.23. The van der Waals surface area contributed by atoms with Crippen LogP contribution in [0.25, 0.3) is 11.1 Å². The Morgan fingerprint density at radius 1 is 0.875 bits per heavy atom. The fourth-order valence-corrected chi connectivity index (χ4v) is 4.47. The Bertz CT molecular complexity index is 1060. The highest BCUT2D eigenvalue weighted by Gasteiger charge is 2.29. The van der Waals surface area contributed by atoms with Crippen molar-refractivity contribution in [2.45, 2.75) is 19.4 Å². The molecule has 32 heavy (non-hydrogen) atoms. The highest BCUT2D eigenvalue weighted by molar-refractivity contribution is 9.10. The van der Waals surface area contributed by atoms with Gasteiger partial charge in [-0.25, -0.2) is 0 Å². The second-order valence-electron chi connectivity index (χ2n) is 8.33. The quantitative estimate of drug-likeness (QED) is 0.465. The number of rotatable bonds is 5. The lowest BCUT2D eigenvalue weighted by molar-refractivity contribution is -0.136. The third kappa shape index (κ3) is 5.28. The van der Waals surface area contributed by atoms with Gasteiger partial charge in [-0.2, -0.15) is 0 Å². The molecule has 0 N–H and O–H groups in total. The third-order valence-corrected chi connectivity index (χ3v) is 6.61. The summed E-state index contributed by atoms with van der Waals surface area (Å²) < 4.78 is 0.955. The van der Waals surface area contributed by atoms with E-state index in [1.54, 1.807) is 0 Å². The van der Waals surface area contributed by atoms with E-state index in [1.165, 1.54) is 11.1 Å². The standard InChI is InChI=1S/C27H27BrN2O2/c1-29(19-20-7-9-22(10-8-20)21-5-3-2-4-6-21)26(31)24-15-17-30(18-16-24)27(32)23-11-13-25(28)14-12-23/h2-14,24H,15-19H2,1H3. The first-order valence-electron chi connectivity index (χ1n) is 11.0. The first kappa shape index (κ1) is 22.3. The molecule has 1 fully saturated rings. The number of amides is 2. The SMILES string of the molecule is CN(Cc1ccc(-c2ccccc2)cc1)C(=O)C1CCN(C(=O)c2ccc(Br)cc2)CC1. The van der Waals surface area contributed by atoms with Crippen molar-refractivity contribution in [1.29, 1.82) is 0 Å². The molecule has 0 aromatic heterocycles. The number of nitrogens with zero attached hydrogens (tertiary/aromatic N) is 2. The molecule has 164 valence electrons. The number of carbonyl (C=O) groups excluding carboxylic acids is 2. The van der Waals surface area contributed by atoms with Gasteiger partial charge >= 0.3 is 0 Å². The van der Waals surface area contributed by atoms with Gasteiger partial charge in [-0.15, -0.1) is 0 Å². The van der Waals surface area contributed by atoms with Crippen molar-refractivity contribution in [2.24, 2.45) is 5.92 Å². The van der Waals surface area contributed by atoms with Crippen molar-refractivity contribution >= 4 is 27.7 Å². The first-order valence-corrected chi connectivity index (χ1v) is 11.7. The Balaban J connectivity index is 1.30. The van der Waals surface area contributed by atoms with E-state index >= 15 is 0 Å². The minimum atomic E-state index is -0.0300. The second kappa shape index (κ2) is 10.1. The molecule has 1 aliphatic heterocycles. The van der Waals surface area contributed by atoms with Gasteiger partial charge in [-0.1, -0.05) is 70.5 Å². The molecular weight excluding hydrogens is 464 g/mol. The summed E-state index contributed by atoms with van der Waals surface area (Å²) >= 11 is 3.40. The van der Waals surface area contributed by atoms with E-state index in [2.05, 4.69) is 52.3 Å². The van der Waals surface area contributed by atoms with E-state index in [4.69, 9.17) is 0 Å². The fourth-order valence-electron chi connectivity index (χ4n) is 4.20. The Hall–Kier alpha value is -2.92. The van der Waals surface area contributed by atoms with Crippen LogP contribution in [-0.4, -0.2) is 41.8 Å². The molecule has 2 amide bonds. The maximum absolute atomic E-state index is 13.0. The molecule has 0 spiro atoms. The fraction of sp³-hybridized carbons (Fsp3) is 0.259. The van der Waals surface area contributed by atoms with E-state index in [1.807, 2.05) is 59.3 Å². The van der Waals surface area contributed by atoms with Crippen molar-refractivity contribution in [3.05, 3.63) is 94.5 Å². The molecule has 0 saturated carbocycles. The number of piperidine rings is 1. The van der Waals surface area contributed by atoms with Gasteiger partial charge in [0.25, 0.3) is 5.91 Å². The summed E-state index contributed by atoms with van der Waals surface area (Å²) in [6, 6.07) is 26.1. The van der Waals surface area contributed by atoms with Gasteiger partial charge in [0.05, 0.1) is 0 Å². The minimum absolute atomic E-state index is 0.0300. The van der Waals surface area contributed by atoms with Crippen molar-refractivity contribution in [2.75, 3.05) is 20.1 Å². The van der Waals surface area contributed by atoms with Crippen LogP contribution in [0.2, 0.25) is 0 Å². The van der Waals surface area contributed by atoms with Gasteiger partial charge in [-0.05, 0) is 53.8 Å². The summed E-state index contributed by atoms with van der Waals surface area (Å²) in [6.07, 6.45) is 1.41. The number of carbonyl (C=O) groups is 2. The lowest BCUT2D eigenvalue weighted by Crippen LogP contribution is -2.43. The monoisotopic (exact) mass is 490 g/mol. The molecule has 0 radical (unpaired) electrons. The van der Waals surface area contributed by atoms with Crippen molar-refractivity contribution in [3.63, 3.8) is 0 Å². The molecule has 0 atom stereocenters. The molecule has 0 bridgehead atoms. The Morgan fingerprint density at radius 3 is 2.09 bits per heavy atom. The van der Waals surface area contributed by atoms with Crippen LogP contribution >= 0.6 is 15.9 Å². The molecule has 0 unspecified atom stereocenters. The molecule has 1 heterocycles. The highest BCUT2D eigenvalue weighted by atomic mass is 79.9. The van der Waals surface area contributed by atoms with Crippen LogP contribution in [0, 0.1) is 5.92 Å². The number of hydrogen-bond donors (Lipinski definition) is 0. The zero-order valence-corrected chi connectivity index (χ0v) is 19.8. The van der Waals surface area contributed by atoms with Gasteiger partial charge in [0.1, 0.15) is 0 Å². The Morgan fingerprint density at radius 2 is 1.47 bits per heavy atom.